The van der Waals surface area contributed by atoms with Gasteiger partial charge in [0, 0.05) is 44.9 Å². The normalized spacial score (nSPS) is 17.6. The molecule has 11 nitrogen and oxygen atoms in total. The van der Waals surface area contributed by atoms with Crippen molar-refractivity contribution >= 4 is 23.4 Å². The van der Waals surface area contributed by atoms with Gasteiger partial charge in [0.15, 0.2) is 5.69 Å². The molecule has 196 valence electrons. The first kappa shape index (κ1) is 25.0. The van der Waals surface area contributed by atoms with Gasteiger partial charge in [-0.2, -0.15) is 5.10 Å². The lowest BCUT2D eigenvalue weighted by Gasteiger charge is -2.40. The quantitative estimate of drug-likeness (QED) is 0.406. The zero-order chi connectivity index (χ0) is 26.6. The number of nitrogens with zero attached hydrogens (tertiary/aromatic N) is 4. The average Bonchev–Trinajstić information content (AvgIpc) is 3.33. The third kappa shape index (κ3) is 5.23. The maximum Gasteiger partial charge on any atom is 0.269 e. The Morgan fingerprint density at radius 2 is 1.61 bits per heavy atom. The molecule has 3 amide bonds. The molecule has 3 aromatic rings. The van der Waals surface area contributed by atoms with Crippen molar-refractivity contribution in [2.45, 2.75) is 12.5 Å². The van der Waals surface area contributed by atoms with E-state index in [2.05, 4.69) is 10.2 Å². The van der Waals surface area contributed by atoms with Crippen LogP contribution in [0.3, 0.4) is 0 Å². The van der Waals surface area contributed by atoms with Crippen LogP contribution >= 0.6 is 0 Å². The molecular formula is C27H29N7O4. The van der Waals surface area contributed by atoms with Crippen molar-refractivity contribution in [1.29, 1.82) is 0 Å². The summed E-state index contributed by atoms with van der Waals surface area (Å²) < 4.78 is 7.46. The summed E-state index contributed by atoms with van der Waals surface area (Å²) in [6.45, 7) is 2.93. The van der Waals surface area contributed by atoms with Crippen molar-refractivity contribution in [3.63, 3.8) is 0 Å². The van der Waals surface area contributed by atoms with E-state index < -0.39 is 11.8 Å². The van der Waals surface area contributed by atoms with Gasteiger partial charge < -0.3 is 26.4 Å². The van der Waals surface area contributed by atoms with Crippen molar-refractivity contribution in [3.8, 4) is 17.2 Å². The number of anilines is 1. The van der Waals surface area contributed by atoms with Crippen LogP contribution in [0.25, 0.3) is 5.69 Å². The van der Waals surface area contributed by atoms with Crippen LogP contribution in [0, 0.1) is 0 Å². The van der Waals surface area contributed by atoms with Gasteiger partial charge in [0.2, 0.25) is 11.8 Å². The number of rotatable bonds is 7. The van der Waals surface area contributed by atoms with Crippen LogP contribution in [-0.2, 0) is 9.59 Å². The van der Waals surface area contributed by atoms with E-state index in [1.165, 1.54) is 6.08 Å². The van der Waals surface area contributed by atoms with Crippen molar-refractivity contribution in [1.82, 2.24) is 19.6 Å². The lowest BCUT2D eigenvalue weighted by atomic mass is 10.0. The topological polar surface area (TPSA) is 149 Å². The first-order valence-electron chi connectivity index (χ1n) is 12.4. The lowest BCUT2D eigenvalue weighted by Crippen LogP contribution is -2.50. The average molecular weight is 516 g/mol. The Morgan fingerprint density at radius 3 is 2.26 bits per heavy atom. The first-order chi connectivity index (χ1) is 18.4. The zero-order valence-electron chi connectivity index (χ0n) is 20.7. The number of fused-ring (bicyclic) bond motifs is 1. The molecule has 11 heteroatoms. The number of carbonyl (C=O) groups excluding carboxylic acids is 3. The van der Waals surface area contributed by atoms with E-state index in [-0.39, 0.29) is 11.9 Å². The summed E-state index contributed by atoms with van der Waals surface area (Å²) in [6.07, 6.45) is 3.07. The van der Waals surface area contributed by atoms with Gasteiger partial charge in [-0.05, 0) is 42.8 Å². The number of hydrogen-bond donors (Lipinski definition) is 3. The molecule has 0 aliphatic carbocycles. The van der Waals surface area contributed by atoms with Gasteiger partial charge in [0.25, 0.3) is 5.91 Å². The van der Waals surface area contributed by atoms with Crippen LogP contribution in [-0.4, -0.2) is 70.0 Å². The number of benzene rings is 2. The number of nitrogens with one attached hydrogen (secondary N) is 1. The number of carbonyl (C=O) groups is 3. The molecule has 2 aromatic carbocycles. The third-order valence-corrected chi connectivity index (χ3v) is 6.70. The van der Waals surface area contributed by atoms with Crippen molar-refractivity contribution in [3.05, 3.63) is 78.1 Å². The molecular weight excluding hydrogens is 486 g/mol. The van der Waals surface area contributed by atoms with E-state index in [0.29, 0.717) is 55.5 Å². The van der Waals surface area contributed by atoms with Crippen molar-refractivity contribution < 1.29 is 19.1 Å². The minimum Gasteiger partial charge on any atom is -0.457 e. The van der Waals surface area contributed by atoms with E-state index in [1.54, 1.807) is 9.58 Å². The summed E-state index contributed by atoms with van der Waals surface area (Å²) in [5.41, 5.74) is 13.3. The molecule has 5 N–H and O–H groups in total. The molecule has 0 bridgehead atoms. The maximum absolute atomic E-state index is 12.5. The lowest BCUT2D eigenvalue weighted by molar-refractivity contribution is -0.128. The molecule has 0 saturated carbocycles. The maximum atomic E-state index is 12.5. The molecule has 1 saturated heterocycles. The van der Waals surface area contributed by atoms with E-state index >= 15 is 0 Å². The van der Waals surface area contributed by atoms with Gasteiger partial charge >= 0.3 is 0 Å². The molecule has 2 aliphatic heterocycles. The summed E-state index contributed by atoms with van der Waals surface area (Å²) in [5.74, 6) is -0.0852. The van der Waals surface area contributed by atoms with Gasteiger partial charge in [-0.15, -0.1) is 0 Å². The highest BCUT2D eigenvalue weighted by Crippen LogP contribution is 2.37. The highest BCUT2D eigenvalue weighted by Gasteiger charge is 2.35. The zero-order valence-corrected chi connectivity index (χ0v) is 20.7. The van der Waals surface area contributed by atoms with Gasteiger partial charge in [-0.25, -0.2) is 4.68 Å². The molecule has 2 aliphatic rings. The number of amides is 3. The number of primary amides is 2. The van der Waals surface area contributed by atoms with Crippen LogP contribution in [0.15, 0.2) is 66.7 Å². The summed E-state index contributed by atoms with van der Waals surface area (Å²) in [4.78, 5) is 39.7. The van der Waals surface area contributed by atoms with Crippen LogP contribution < -0.4 is 21.5 Å². The molecule has 1 atom stereocenters. The molecule has 3 heterocycles. The van der Waals surface area contributed by atoms with Crippen LogP contribution in [0.4, 0.5) is 5.69 Å². The summed E-state index contributed by atoms with van der Waals surface area (Å²) in [7, 11) is 0. The predicted octanol–water partition coefficient (Wildman–Crippen LogP) is 1.81. The van der Waals surface area contributed by atoms with E-state index in [1.807, 2.05) is 54.6 Å². The Balaban J connectivity index is 1.36. The number of ether oxygens (including phenoxy) is 1. The Bertz CT molecular complexity index is 1360. The number of nitrogens with two attached hydrogens (primary N) is 2. The molecule has 1 unspecified atom stereocenters. The molecule has 38 heavy (non-hydrogen) atoms. The fourth-order valence-corrected chi connectivity index (χ4v) is 4.88. The second-order valence-corrected chi connectivity index (χ2v) is 9.12. The molecule has 1 fully saturated rings. The second-order valence-electron chi connectivity index (χ2n) is 9.12. The second kappa shape index (κ2) is 10.8. The fraction of sp³-hybridized carbons (Fsp3) is 0.259. The smallest absolute Gasteiger partial charge is 0.269 e. The minimum absolute atomic E-state index is 0.0373. The van der Waals surface area contributed by atoms with E-state index in [0.717, 1.165) is 23.9 Å². The third-order valence-electron chi connectivity index (χ3n) is 6.70. The standard InChI is InChI=1S/C27H29N7O4/c28-22(35)10-11-23(36)33-16-14-32(15-17-33)21-12-13-30-25-24(21)31-34(26(25)27(29)37)18-6-8-20(9-7-18)38-19-4-2-1-3-5-19/h1-11,21,30H,12-17H2,(H2,28,35)(H2,29,37)/b11-10+. The molecule has 5 rings (SSSR count). The number of piperazine rings is 1. The Labute approximate surface area is 219 Å². The highest BCUT2D eigenvalue weighted by molar-refractivity contribution is 5.98. The molecule has 0 spiro atoms. The first-order valence-corrected chi connectivity index (χ1v) is 12.4. The summed E-state index contributed by atoms with van der Waals surface area (Å²) >= 11 is 0. The number of hydrogen-bond acceptors (Lipinski definition) is 7. The summed E-state index contributed by atoms with van der Waals surface area (Å²) in [5, 5.41) is 8.16. The van der Waals surface area contributed by atoms with Crippen LogP contribution in [0.1, 0.15) is 28.6 Å². The van der Waals surface area contributed by atoms with Crippen LogP contribution in [0.5, 0.6) is 11.5 Å². The van der Waals surface area contributed by atoms with Gasteiger partial charge in [0.05, 0.1) is 17.4 Å². The monoisotopic (exact) mass is 515 g/mol. The summed E-state index contributed by atoms with van der Waals surface area (Å²) in [6, 6.07) is 16.8. The van der Waals surface area contributed by atoms with E-state index in [4.69, 9.17) is 21.3 Å². The number of para-hydroxylation sites is 1. The minimum atomic E-state index is -0.654. The molecule has 1 aromatic heterocycles. The van der Waals surface area contributed by atoms with Gasteiger partial charge in [-0.3, -0.25) is 19.3 Å². The highest BCUT2D eigenvalue weighted by atomic mass is 16.5. The SMILES string of the molecule is NC(=O)/C=C/C(=O)N1CCN(C2CCNc3c2nn(-c2ccc(Oc4ccccc4)cc2)c3C(N)=O)CC1. The fourth-order valence-electron chi connectivity index (χ4n) is 4.88. The Kier molecular flexibility index (Phi) is 7.09. The molecule has 0 radical (unpaired) electrons. The Hall–Kier alpha value is -4.64. The van der Waals surface area contributed by atoms with Gasteiger partial charge in [0.1, 0.15) is 17.2 Å². The number of aromatic nitrogens is 2. The van der Waals surface area contributed by atoms with Crippen molar-refractivity contribution in [2.75, 3.05) is 38.0 Å². The van der Waals surface area contributed by atoms with E-state index in [9.17, 15) is 14.4 Å². The largest absolute Gasteiger partial charge is 0.457 e. The van der Waals surface area contributed by atoms with Crippen LogP contribution in [0.2, 0.25) is 0 Å². The predicted molar refractivity (Wildman–Crippen MR) is 141 cm³/mol. The van der Waals surface area contributed by atoms with Gasteiger partial charge in [-0.1, -0.05) is 18.2 Å². The Morgan fingerprint density at radius 1 is 0.921 bits per heavy atom. The van der Waals surface area contributed by atoms with Crippen molar-refractivity contribution in [2.24, 2.45) is 11.5 Å².